The van der Waals surface area contributed by atoms with Crippen molar-refractivity contribution in [1.82, 2.24) is 4.98 Å². The normalized spacial score (nSPS) is 10.4. The number of thioether (sulfide) groups is 1. The fourth-order valence-corrected chi connectivity index (χ4v) is 2.72. The molecule has 0 aliphatic carbocycles. The molecular weight excluding hydrogens is 257 g/mol. The van der Waals surface area contributed by atoms with Crippen LogP contribution in [0.5, 0.6) is 0 Å². The molecule has 88 valence electrons. The molecule has 1 aromatic heterocycles. The smallest absolute Gasteiger partial charge is 0.148 e. The Balaban J connectivity index is 1.86. The number of carbonyl (C=O) groups is 1. The lowest BCUT2D eigenvalue weighted by Gasteiger charge is -2.01. The summed E-state index contributed by atoms with van der Waals surface area (Å²) in [5, 5.41) is 0. The lowest BCUT2D eigenvalue weighted by Crippen LogP contribution is -2.04. The third-order valence-corrected chi connectivity index (χ3v) is 3.97. The first-order valence-corrected chi connectivity index (χ1v) is 6.88. The van der Waals surface area contributed by atoms with Gasteiger partial charge in [-0.15, -0.1) is 23.1 Å². The fraction of sp³-hybridized carbons (Fsp3) is 0.167. The molecule has 5 heteroatoms. The number of Topliss-reactive ketones (excluding diaryl/α,β-unsaturated/α-hetero) is 1. The van der Waals surface area contributed by atoms with Gasteiger partial charge in [-0.1, -0.05) is 12.1 Å². The highest BCUT2D eigenvalue weighted by Crippen LogP contribution is 2.21. The Bertz CT molecular complexity index is 499. The molecule has 0 unspecified atom stereocenters. The Morgan fingerprint density at radius 2 is 2.24 bits per heavy atom. The summed E-state index contributed by atoms with van der Waals surface area (Å²) >= 11 is 2.70. The molecule has 1 aromatic carbocycles. The lowest BCUT2D eigenvalue weighted by atomic mass is 10.3. The minimum Gasteiger partial charge on any atom is -0.298 e. The van der Waals surface area contributed by atoms with E-state index in [0.29, 0.717) is 17.1 Å². The maximum Gasteiger partial charge on any atom is 0.148 e. The second kappa shape index (κ2) is 5.93. The lowest BCUT2D eigenvalue weighted by molar-refractivity contribution is -0.115. The summed E-state index contributed by atoms with van der Waals surface area (Å²) in [7, 11) is 0. The molecule has 0 amide bonds. The van der Waals surface area contributed by atoms with Crippen molar-refractivity contribution in [3.05, 3.63) is 46.7 Å². The summed E-state index contributed by atoms with van der Waals surface area (Å²) in [4.78, 5) is 17.0. The Labute approximate surface area is 107 Å². The molecule has 2 nitrogen and oxygen atoms in total. The van der Waals surface area contributed by atoms with Crippen molar-refractivity contribution < 1.29 is 9.18 Å². The van der Waals surface area contributed by atoms with Crippen LogP contribution in [0.4, 0.5) is 4.39 Å². The van der Waals surface area contributed by atoms with Gasteiger partial charge in [0, 0.05) is 22.4 Å². The third-order valence-electron chi connectivity index (χ3n) is 2.08. The summed E-state index contributed by atoms with van der Waals surface area (Å²) < 4.78 is 13.3. The van der Waals surface area contributed by atoms with E-state index in [-0.39, 0.29) is 11.6 Å². The standard InChI is InChI=1S/C12H10FNOS2/c13-11-3-1-2-4-12(11)16-7-9(15)5-10-6-14-8-17-10/h1-4,6,8H,5,7H2. The van der Waals surface area contributed by atoms with E-state index in [9.17, 15) is 9.18 Å². The van der Waals surface area contributed by atoms with Crippen LogP contribution in [0.25, 0.3) is 0 Å². The molecular formula is C12H10FNOS2. The summed E-state index contributed by atoms with van der Waals surface area (Å²) in [6, 6.07) is 6.48. The number of carbonyl (C=O) groups excluding carboxylic acids is 1. The Morgan fingerprint density at radius 1 is 1.41 bits per heavy atom. The van der Waals surface area contributed by atoms with E-state index < -0.39 is 0 Å². The molecule has 0 N–H and O–H groups in total. The van der Waals surface area contributed by atoms with Crippen molar-refractivity contribution in [2.24, 2.45) is 0 Å². The van der Waals surface area contributed by atoms with Crippen LogP contribution in [-0.2, 0) is 11.2 Å². The molecule has 2 aromatic rings. The average Bonchev–Trinajstić information content (AvgIpc) is 2.81. The number of nitrogens with zero attached hydrogens (tertiary/aromatic N) is 1. The van der Waals surface area contributed by atoms with Crippen LogP contribution in [0.1, 0.15) is 4.88 Å². The second-order valence-corrected chi connectivity index (χ2v) is 5.39. The van der Waals surface area contributed by atoms with E-state index in [1.807, 2.05) is 0 Å². The summed E-state index contributed by atoms with van der Waals surface area (Å²) in [5.74, 6) is 0.101. The molecule has 1 heterocycles. The molecule has 0 aliphatic heterocycles. The number of aromatic nitrogens is 1. The quantitative estimate of drug-likeness (QED) is 0.779. The van der Waals surface area contributed by atoms with Crippen LogP contribution in [0.15, 0.2) is 40.9 Å². The van der Waals surface area contributed by atoms with Gasteiger partial charge < -0.3 is 0 Å². The van der Waals surface area contributed by atoms with Gasteiger partial charge in [0.2, 0.25) is 0 Å². The van der Waals surface area contributed by atoms with E-state index in [1.165, 1.54) is 29.2 Å². The predicted molar refractivity (Wildman–Crippen MR) is 67.9 cm³/mol. The molecule has 0 radical (unpaired) electrons. The zero-order chi connectivity index (χ0) is 12.1. The monoisotopic (exact) mass is 267 g/mol. The van der Waals surface area contributed by atoms with E-state index >= 15 is 0 Å². The molecule has 2 rings (SSSR count). The second-order valence-electron chi connectivity index (χ2n) is 3.40. The molecule has 0 spiro atoms. The molecule has 0 bridgehead atoms. The van der Waals surface area contributed by atoms with E-state index in [4.69, 9.17) is 0 Å². The Kier molecular flexibility index (Phi) is 4.28. The number of halogens is 1. The molecule has 17 heavy (non-hydrogen) atoms. The van der Waals surface area contributed by atoms with E-state index in [0.717, 1.165) is 4.88 Å². The van der Waals surface area contributed by atoms with Gasteiger partial charge in [-0.25, -0.2) is 4.39 Å². The molecule has 0 saturated carbocycles. The number of hydrogen-bond acceptors (Lipinski definition) is 4. The van der Waals surface area contributed by atoms with Gasteiger partial charge in [0.1, 0.15) is 11.6 Å². The van der Waals surface area contributed by atoms with Crippen LogP contribution >= 0.6 is 23.1 Å². The highest BCUT2D eigenvalue weighted by Gasteiger charge is 2.08. The highest BCUT2D eigenvalue weighted by molar-refractivity contribution is 8.00. The number of thiazole rings is 1. The maximum absolute atomic E-state index is 13.3. The first-order chi connectivity index (χ1) is 8.25. The molecule has 0 atom stereocenters. The van der Waals surface area contributed by atoms with Gasteiger partial charge in [0.05, 0.1) is 11.3 Å². The van der Waals surface area contributed by atoms with Gasteiger partial charge in [-0.2, -0.15) is 0 Å². The average molecular weight is 267 g/mol. The van der Waals surface area contributed by atoms with Crippen LogP contribution < -0.4 is 0 Å². The summed E-state index contributed by atoms with van der Waals surface area (Å²) in [5.41, 5.74) is 1.70. The highest BCUT2D eigenvalue weighted by atomic mass is 32.2. The molecule has 0 aliphatic rings. The van der Waals surface area contributed by atoms with E-state index in [1.54, 1.807) is 29.9 Å². The van der Waals surface area contributed by atoms with E-state index in [2.05, 4.69) is 4.98 Å². The summed E-state index contributed by atoms with van der Waals surface area (Å²) in [6.45, 7) is 0. The van der Waals surface area contributed by atoms with Crippen molar-refractivity contribution in [3.8, 4) is 0 Å². The fourth-order valence-electron chi connectivity index (χ4n) is 1.29. The van der Waals surface area contributed by atoms with Crippen molar-refractivity contribution in [3.63, 3.8) is 0 Å². The van der Waals surface area contributed by atoms with Gasteiger partial charge in [-0.05, 0) is 12.1 Å². The third kappa shape index (κ3) is 3.64. The van der Waals surface area contributed by atoms with Crippen molar-refractivity contribution in [2.45, 2.75) is 11.3 Å². The van der Waals surface area contributed by atoms with Gasteiger partial charge in [0.15, 0.2) is 0 Å². The first-order valence-electron chi connectivity index (χ1n) is 5.02. The Hall–Kier alpha value is -1.20. The minimum atomic E-state index is -0.275. The molecule has 0 fully saturated rings. The van der Waals surface area contributed by atoms with Crippen molar-refractivity contribution >= 4 is 28.9 Å². The predicted octanol–water partition coefficient (Wildman–Crippen LogP) is 3.19. The van der Waals surface area contributed by atoms with Gasteiger partial charge in [0.25, 0.3) is 0 Å². The Morgan fingerprint density at radius 3 is 2.94 bits per heavy atom. The zero-order valence-corrected chi connectivity index (χ0v) is 10.6. The maximum atomic E-state index is 13.3. The minimum absolute atomic E-state index is 0.0857. The van der Waals surface area contributed by atoms with Gasteiger partial charge in [-0.3, -0.25) is 9.78 Å². The number of rotatable bonds is 5. The van der Waals surface area contributed by atoms with Gasteiger partial charge >= 0.3 is 0 Å². The van der Waals surface area contributed by atoms with Crippen LogP contribution in [0.3, 0.4) is 0 Å². The summed E-state index contributed by atoms with van der Waals surface area (Å²) in [6.07, 6.45) is 2.07. The largest absolute Gasteiger partial charge is 0.298 e. The van der Waals surface area contributed by atoms with Crippen molar-refractivity contribution in [1.29, 1.82) is 0 Å². The zero-order valence-electron chi connectivity index (χ0n) is 8.93. The van der Waals surface area contributed by atoms with Crippen LogP contribution in [0.2, 0.25) is 0 Å². The van der Waals surface area contributed by atoms with Crippen LogP contribution in [-0.4, -0.2) is 16.5 Å². The molecule has 0 saturated heterocycles. The van der Waals surface area contributed by atoms with Crippen LogP contribution in [0, 0.1) is 5.82 Å². The topological polar surface area (TPSA) is 30.0 Å². The number of benzene rings is 1. The van der Waals surface area contributed by atoms with Crippen molar-refractivity contribution in [2.75, 3.05) is 5.75 Å². The first kappa shape index (κ1) is 12.3. The SMILES string of the molecule is O=C(CSc1ccccc1F)Cc1cncs1. The number of hydrogen-bond donors (Lipinski definition) is 0. The number of ketones is 1.